The molecule has 0 saturated carbocycles. The number of carbonyl (C=O) groups is 4. The Morgan fingerprint density at radius 2 is 1.24 bits per heavy atom. The number of methoxy groups -OCH3 is 2. The van der Waals surface area contributed by atoms with Crippen LogP contribution in [0, 0.1) is 0 Å². The molecular formula is C39H28O9S. The number of esters is 4. The third kappa shape index (κ3) is 5.02. The molecule has 0 aliphatic carbocycles. The lowest BCUT2D eigenvalue weighted by Crippen LogP contribution is -2.43. The fourth-order valence-corrected chi connectivity index (χ4v) is 7.74. The van der Waals surface area contributed by atoms with Gasteiger partial charge in [0, 0.05) is 16.5 Å². The molecule has 2 aliphatic heterocycles. The number of carbonyl (C=O) groups excluding carboxylic acids is 4. The highest BCUT2D eigenvalue weighted by atomic mass is 32.2. The number of thioether (sulfide) groups is 1. The average Bonchev–Trinajstić information content (AvgIpc) is 3.13. The summed E-state index contributed by atoms with van der Waals surface area (Å²) >= 11 is 1.57. The zero-order valence-electron chi connectivity index (χ0n) is 26.4. The number of rotatable bonds is 8. The van der Waals surface area contributed by atoms with Crippen molar-refractivity contribution < 1.29 is 42.9 Å². The van der Waals surface area contributed by atoms with E-state index in [2.05, 4.69) is 18.2 Å². The van der Waals surface area contributed by atoms with E-state index < -0.39 is 24.0 Å². The van der Waals surface area contributed by atoms with Crippen LogP contribution in [0.3, 0.4) is 0 Å². The van der Waals surface area contributed by atoms with Crippen LogP contribution in [0.4, 0.5) is 0 Å². The summed E-state index contributed by atoms with van der Waals surface area (Å²) in [7, 11) is 2.97. The molecule has 10 heteroatoms. The normalized spacial score (nSPS) is 16.9. The van der Waals surface area contributed by atoms with Gasteiger partial charge in [-0.05, 0) is 61.1 Å². The maximum atomic E-state index is 13.6. The number of benzene rings is 6. The number of hydrogen-bond donors (Lipinski definition) is 0. The summed E-state index contributed by atoms with van der Waals surface area (Å²) in [4.78, 5) is 50.8. The third-order valence-electron chi connectivity index (χ3n) is 9.20. The standard InChI is InChI=1S/C39H28O9S/c1-44-35-27-10-6-3-7-22(27)30(19-49-32-18-47-37(32)41)23-13-11-21(16-29(23)35)20-12-14-26-28(15-20)34(38(42)45-2)25-9-5-4-8-24(25)33(26)39(43)48-31-17-46-36(31)40/h3-16,31-32H,17-19H2,1-2H3. The Morgan fingerprint density at radius 3 is 1.82 bits per heavy atom. The van der Waals surface area contributed by atoms with Crippen LogP contribution >= 0.6 is 11.8 Å². The Hall–Kier alpha value is -5.61. The molecule has 49 heavy (non-hydrogen) atoms. The molecule has 2 heterocycles. The lowest BCUT2D eigenvalue weighted by Gasteiger charge is -2.25. The summed E-state index contributed by atoms with van der Waals surface area (Å²) in [5.74, 6) is -0.678. The maximum Gasteiger partial charge on any atom is 0.351 e. The predicted octanol–water partition coefficient (Wildman–Crippen LogP) is 7.00. The summed E-state index contributed by atoms with van der Waals surface area (Å²) in [6.07, 6.45) is -0.977. The van der Waals surface area contributed by atoms with Crippen molar-refractivity contribution in [3.8, 4) is 16.9 Å². The second-order valence-corrected chi connectivity index (χ2v) is 13.0. The fraction of sp³-hybridized carbons (Fsp3) is 0.179. The molecule has 0 bridgehead atoms. The molecule has 6 aromatic carbocycles. The molecular weight excluding hydrogens is 644 g/mol. The fourth-order valence-electron chi connectivity index (χ4n) is 6.69. The van der Waals surface area contributed by atoms with Crippen LogP contribution in [0.5, 0.6) is 5.75 Å². The summed E-state index contributed by atoms with van der Waals surface area (Å²) in [5, 5.41) is 5.73. The van der Waals surface area contributed by atoms with Crippen LogP contribution < -0.4 is 4.74 Å². The lowest BCUT2D eigenvalue weighted by atomic mass is 9.89. The van der Waals surface area contributed by atoms with Gasteiger partial charge in [0.05, 0.1) is 25.3 Å². The predicted molar refractivity (Wildman–Crippen MR) is 186 cm³/mol. The van der Waals surface area contributed by atoms with Crippen LogP contribution in [-0.4, -0.2) is 62.7 Å². The van der Waals surface area contributed by atoms with Crippen molar-refractivity contribution in [2.45, 2.75) is 17.1 Å². The second-order valence-electron chi connectivity index (χ2n) is 11.8. The van der Waals surface area contributed by atoms with Gasteiger partial charge in [0.25, 0.3) is 0 Å². The Morgan fingerprint density at radius 1 is 0.673 bits per heavy atom. The Labute approximate surface area is 284 Å². The summed E-state index contributed by atoms with van der Waals surface area (Å²) < 4.78 is 26.6. The van der Waals surface area contributed by atoms with Crippen LogP contribution in [0.15, 0.2) is 84.9 Å². The molecule has 6 aromatic rings. The minimum absolute atomic E-state index is 0.000927. The monoisotopic (exact) mass is 672 g/mol. The lowest BCUT2D eigenvalue weighted by molar-refractivity contribution is -0.179. The van der Waals surface area contributed by atoms with Crippen molar-refractivity contribution in [1.82, 2.24) is 0 Å². The minimum atomic E-state index is -0.977. The summed E-state index contributed by atoms with van der Waals surface area (Å²) in [6, 6.07) is 26.8. The molecule has 2 unspecified atom stereocenters. The first kappa shape index (κ1) is 30.7. The topological polar surface area (TPSA) is 114 Å². The molecule has 2 atom stereocenters. The largest absolute Gasteiger partial charge is 0.495 e. The van der Waals surface area contributed by atoms with Gasteiger partial charge < -0.3 is 23.7 Å². The Bertz CT molecular complexity index is 2400. The zero-order chi connectivity index (χ0) is 33.8. The number of cyclic esters (lactones) is 2. The molecule has 9 nitrogen and oxygen atoms in total. The highest BCUT2D eigenvalue weighted by molar-refractivity contribution is 8.00. The van der Waals surface area contributed by atoms with E-state index >= 15 is 0 Å². The van der Waals surface area contributed by atoms with Gasteiger partial charge in [-0.25, -0.2) is 14.4 Å². The smallest absolute Gasteiger partial charge is 0.351 e. The van der Waals surface area contributed by atoms with E-state index in [4.69, 9.17) is 23.7 Å². The molecule has 2 fully saturated rings. The molecule has 8 rings (SSSR count). The molecule has 0 aromatic heterocycles. The van der Waals surface area contributed by atoms with Gasteiger partial charge in [0.15, 0.2) is 0 Å². The van der Waals surface area contributed by atoms with Crippen molar-refractivity contribution in [3.63, 3.8) is 0 Å². The first-order chi connectivity index (χ1) is 23.9. The Balaban J connectivity index is 1.32. The van der Waals surface area contributed by atoms with Crippen LogP contribution in [0.2, 0.25) is 0 Å². The van der Waals surface area contributed by atoms with Gasteiger partial charge in [-0.15, -0.1) is 11.8 Å². The molecule has 2 aliphatic rings. The molecule has 0 N–H and O–H groups in total. The SMILES string of the molecule is COC(=O)c1c2ccccc2c(C(=O)OC2COC2=O)c2ccc(-c3ccc4c(CSC5COC5=O)c5ccccc5c(OC)c4c3)cc12. The quantitative estimate of drug-likeness (QED) is 0.0951. The van der Waals surface area contributed by atoms with E-state index in [0.29, 0.717) is 39.5 Å². The first-order valence-electron chi connectivity index (χ1n) is 15.6. The highest BCUT2D eigenvalue weighted by Gasteiger charge is 2.36. The molecule has 0 spiro atoms. The van der Waals surface area contributed by atoms with Crippen molar-refractivity contribution in [2.24, 2.45) is 0 Å². The van der Waals surface area contributed by atoms with Crippen molar-refractivity contribution in [1.29, 1.82) is 0 Å². The number of hydrogen-bond acceptors (Lipinski definition) is 10. The van der Waals surface area contributed by atoms with E-state index in [0.717, 1.165) is 44.0 Å². The highest BCUT2D eigenvalue weighted by Crippen LogP contribution is 2.43. The van der Waals surface area contributed by atoms with Gasteiger partial charge in [-0.1, -0.05) is 72.8 Å². The van der Waals surface area contributed by atoms with E-state index in [1.54, 1.807) is 49.2 Å². The number of ether oxygens (including phenoxy) is 5. The summed E-state index contributed by atoms with van der Waals surface area (Å²) in [5.41, 5.74) is 3.30. The Kier molecular flexibility index (Phi) is 7.60. The van der Waals surface area contributed by atoms with Gasteiger partial charge in [0.1, 0.15) is 24.2 Å². The van der Waals surface area contributed by atoms with Crippen LogP contribution in [-0.2, 0) is 34.3 Å². The average molecular weight is 673 g/mol. The van der Waals surface area contributed by atoms with E-state index in [1.807, 2.05) is 36.4 Å². The zero-order valence-corrected chi connectivity index (χ0v) is 27.3. The van der Waals surface area contributed by atoms with E-state index in [-0.39, 0.29) is 23.4 Å². The number of fused-ring (bicyclic) bond motifs is 4. The van der Waals surface area contributed by atoms with E-state index in [9.17, 15) is 19.2 Å². The van der Waals surface area contributed by atoms with Gasteiger partial charge in [0.2, 0.25) is 6.10 Å². The van der Waals surface area contributed by atoms with E-state index in [1.165, 1.54) is 7.11 Å². The van der Waals surface area contributed by atoms with Gasteiger partial charge in [-0.3, -0.25) is 4.79 Å². The molecule has 244 valence electrons. The van der Waals surface area contributed by atoms with Crippen LogP contribution in [0.1, 0.15) is 26.3 Å². The molecule has 0 amide bonds. The second kappa shape index (κ2) is 12.1. The minimum Gasteiger partial charge on any atom is -0.495 e. The van der Waals surface area contributed by atoms with Crippen molar-refractivity contribution in [2.75, 3.05) is 27.4 Å². The van der Waals surface area contributed by atoms with Crippen molar-refractivity contribution >= 4 is 78.7 Å². The van der Waals surface area contributed by atoms with Gasteiger partial charge >= 0.3 is 23.9 Å². The third-order valence-corrected chi connectivity index (χ3v) is 10.4. The first-order valence-corrected chi connectivity index (χ1v) is 16.7. The molecule has 2 saturated heterocycles. The molecule has 0 radical (unpaired) electrons. The van der Waals surface area contributed by atoms with Crippen molar-refractivity contribution in [3.05, 3.63) is 102 Å². The summed E-state index contributed by atoms with van der Waals surface area (Å²) in [6.45, 7) is 0.413. The van der Waals surface area contributed by atoms with Crippen LogP contribution in [0.25, 0.3) is 54.2 Å². The van der Waals surface area contributed by atoms with Gasteiger partial charge in [-0.2, -0.15) is 0 Å². The maximum absolute atomic E-state index is 13.6.